The Labute approximate surface area is 123 Å². The molecule has 0 saturated carbocycles. The average Bonchev–Trinajstić information content (AvgIpc) is 2.52. The molecule has 98 valence electrons. The summed E-state index contributed by atoms with van der Waals surface area (Å²) in [5.41, 5.74) is 3.28. The van der Waals surface area contributed by atoms with Crippen LogP contribution in [0.1, 0.15) is 22.7 Å². The SMILES string of the molecule is Clc1ccc(C(c2ccccc2)c2ccccc2)nn1. The van der Waals surface area contributed by atoms with Gasteiger partial charge < -0.3 is 0 Å². The molecule has 0 fully saturated rings. The molecule has 0 aliphatic carbocycles. The van der Waals surface area contributed by atoms with Crippen LogP contribution in [0.3, 0.4) is 0 Å². The quantitative estimate of drug-likeness (QED) is 0.714. The van der Waals surface area contributed by atoms with Gasteiger partial charge in [-0.25, -0.2) is 0 Å². The van der Waals surface area contributed by atoms with Gasteiger partial charge in [-0.05, 0) is 23.3 Å². The number of hydrogen-bond donors (Lipinski definition) is 0. The number of hydrogen-bond acceptors (Lipinski definition) is 2. The summed E-state index contributed by atoms with van der Waals surface area (Å²) in [4.78, 5) is 0. The molecule has 3 heteroatoms. The molecule has 1 heterocycles. The van der Waals surface area contributed by atoms with E-state index in [0.717, 1.165) is 5.69 Å². The van der Waals surface area contributed by atoms with Crippen molar-refractivity contribution in [2.75, 3.05) is 0 Å². The number of rotatable bonds is 3. The van der Waals surface area contributed by atoms with Gasteiger partial charge in [-0.1, -0.05) is 72.3 Å². The summed E-state index contributed by atoms with van der Waals surface area (Å²) < 4.78 is 0. The van der Waals surface area contributed by atoms with Crippen LogP contribution in [0.15, 0.2) is 72.8 Å². The second-order valence-corrected chi connectivity index (χ2v) is 4.92. The van der Waals surface area contributed by atoms with E-state index in [1.54, 1.807) is 6.07 Å². The lowest BCUT2D eigenvalue weighted by atomic mass is 9.88. The first-order chi connectivity index (χ1) is 9.84. The molecule has 0 N–H and O–H groups in total. The van der Waals surface area contributed by atoms with Crippen LogP contribution in [0.4, 0.5) is 0 Å². The summed E-state index contributed by atoms with van der Waals surface area (Å²) in [5, 5.41) is 8.63. The van der Waals surface area contributed by atoms with Crippen LogP contribution < -0.4 is 0 Å². The Morgan fingerprint density at radius 1 is 0.650 bits per heavy atom. The van der Waals surface area contributed by atoms with E-state index in [4.69, 9.17) is 11.6 Å². The Morgan fingerprint density at radius 2 is 1.20 bits per heavy atom. The van der Waals surface area contributed by atoms with Crippen LogP contribution in [0.5, 0.6) is 0 Å². The fourth-order valence-electron chi connectivity index (χ4n) is 2.31. The molecule has 0 aliphatic heterocycles. The van der Waals surface area contributed by atoms with E-state index in [-0.39, 0.29) is 5.92 Å². The van der Waals surface area contributed by atoms with Gasteiger partial charge in [0.2, 0.25) is 0 Å². The van der Waals surface area contributed by atoms with Gasteiger partial charge in [0.05, 0.1) is 11.6 Å². The van der Waals surface area contributed by atoms with Crippen LogP contribution in [-0.2, 0) is 0 Å². The molecule has 0 saturated heterocycles. The van der Waals surface area contributed by atoms with Crippen molar-refractivity contribution < 1.29 is 0 Å². The third-order valence-corrected chi connectivity index (χ3v) is 3.42. The Hall–Kier alpha value is -2.19. The summed E-state index contributed by atoms with van der Waals surface area (Å²) in [6.07, 6.45) is 0. The highest BCUT2D eigenvalue weighted by molar-refractivity contribution is 6.29. The number of aromatic nitrogens is 2. The third-order valence-electron chi connectivity index (χ3n) is 3.21. The highest BCUT2D eigenvalue weighted by Crippen LogP contribution is 2.30. The van der Waals surface area contributed by atoms with Crippen LogP contribution in [0.25, 0.3) is 0 Å². The van der Waals surface area contributed by atoms with E-state index in [2.05, 4.69) is 34.5 Å². The zero-order chi connectivity index (χ0) is 13.8. The zero-order valence-electron chi connectivity index (χ0n) is 10.8. The van der Waals surface area contributed by atoms with Crippen molar-refractivity contribution in [1.29, 1.82) is 0 Å². The lowest BCUT2D eigenvalue weighted by Gasteiger charge is -2.17. The maximum Gasteiger partial charge on any atom is 0.151 e. The van der Waals surface area contributed by atoms with Gasteiger partial charge >= 0.3 is 0 Å². The molecule has 2 aromatic carbocycles. The number of benzene rings is 2. The molecule has 2 nitrogen and oxygen atoms in total. The first-order valence-corrected chi connectivity index (χ1v) is 6.81. The van der Waals surface area contributed by atoms with Crippen molar-refractivity contribution in [3.05, 3.63) is 94.8 Å². The molecule has 0 amide bonds. The predicted molar refractivity (Wildman–Crippen MR) is 80.9 cm³/mol. The van der Waals surface area contributed by atoms with E-state index >= 15 is 0 Å². The normalized spacial score (nSPS) is 10.7. The summed E-state index contributed by atoms with van der Waals surface area (Å²) in [6.45, 7) is 0. The highest BCUT2D eigenvalue weighted by Gasteiger charge is 2.17. The van der Waals surface area contributed by atoms with Gasteiger partial charge in [-0.2, -0.15) is 5.10 Å². The maximum absolute atomic E-state index is 5.83. The average molecular weight is 281 g/mol. The summed E-state index contributed by atoms with van der Waals surface area (Å²) >= 11 is 5.83. The van der Waals surface area contributed by atoms with E-state index in [1.165, 1.54) is 11.1 Å². The molecular formula is C17H13ClN2. The molecule has 0 bridgehead atoms. The Morgan fingerprint density at radius 3 is 1.65 bits per heavy atom. The van der Waals surface area contributed by atoms with Gasteiger partial charge in [0.15, 0.2) is 5.15 Å². The molecule has 0 radical (unpaired) electrons. The monoisotopic (exact) mass is 280 g/mol. The molecular weight excluding hydrogens is 268 g/mol. The molecule has 20 heavy (non-hydrogen) atoms. The maximum atomic E-state index is 5.83. The molecule has 0 spiro atoms. The lowest BCUT2D eigenvalue weighted by Crippen LogP contribution is -2.06. The summed E-state index contributed by atoms with van der Waals surface area (Å²) in [7, 11) is 0. The fraction of sp³-hybridized carbons (Fsp3) is 0.0588. The molecule has 0 atom stereocenters. The molecule has 3 aromatic rings. The Bertz CT molecular complexity index is 627. The van der Waals surface area contributed by atoms with Crippen molar-refractivity contribution in [3.8, 4) is 0 Å². The topological polar surface area (TPSA) is 25.8 Å². The van der Waals surface area contributed by atoms with E-state index in [9.17, 15) is 0 Å². The second-order valence-electron chi connectivity index (χ2n) is 4.54. The second kappa shape index (κ2) is 5.85. The third kappa shape index (κ3) is 2.70. The molecule has 1 aromatic heterocycles. The van der Waals surface area contributed by atoms with Crippen LogP contribution in [0.2, 0.25) is 5.15 Å². The van der Waals surface area contributed by atoms with Crippen molar-refractivity contribution in [1.82, 2.24) is 10.2 Å². The number of halogens is 1. The summed E-state index contributed by atoms with van der Waals surface area (Å²) in [5.74, 6) is 0.0715. The fourth-order valence-corrected chi connectivity index (χ4v) is 2.41. The smallest absolute Gasteiger partial charge is 0.151 e. The zero-order valence-corrected chi connectivity index (χ0v) is 11.5. The van der Waals surface area contributed by atoms with Gasteiger partial charge in [-0.3, -0.25) is 0 Å². The standard InChI is InChI=1S/C17H13ClN2/c18-16-12-11-15(19-20-16)17(13-7-3-1-4-8-13)14-9-5-2-6-10-14/h1-12,17H. The van der Waals surface area contributed by atoms with Crippen molar-refractivity contribution in [3.63, 3.8) is 0 Å². The first-order valence-electron chi connectivity index (χ1n) is 6.43. The van der Waals surface area contributed by atoms with E-state index in [1.807, 2.05) is 42.5 Å². The van der Waals surface area contributed by atoms with Crippen LogP contribution in [-0.4, -0.2) is 10.2 Å². The van der Waals surface area contributed by atoms with Crippen LogP contribution >= 0.6 is 11.6 Å². The summed E-state index contributed by atoms with van der Waals surface area (Å²) in [6, 6.07) is 24.3. The van der Waals surface area contributed by atoms with Crippen molar-refractivity contribution >= 4 is 11.6 Å². The highest BCUT2D eigenvalue weighted by atomic mass is 35.5. The van der Waals surface area contributed by atoms with Gasteiger partial charge in [0, 0.05) is 0 Å². The molecule has 0 unspecified atom stereocenters. The van der Waals surface area contributed by atoms with Gasteiger partial charge in [0.1, 0.15) is 0 Å². The largest absolute Gasteiger partial charge is 0.153 e. The molecule has 3 rings (SSSR count). The van der Waals surface area contributed by atoms with E-state index in [0.29, 0.717) is 5.15 Å². The predicted octanol–water partition coefficient (Wildman–Crippen LogP) is 4.31. The van der Waals surface area contributed by atoms with Gasteiger partial charge in [-0.15, -0.1) is 5.10 Å². The Kier molecular flexibility index (Phi) is 3.75. The lowest BCUT2D eigenvalue weighted by molar-refractivity contribution is 0.856. The van der Waals surface area contributed by atoms with E-state index < -0.39 is 0 Å². The van der Waals surface area contributed by atoms with Gasteiger partial charge in [0.25, 0.3) is 0 Å². The first kappa shape index (κ1) is 12.8. The van der Waals surface area contributed by atoms with Crippen molar-refractivity contribution in [2.24, 2.45) is 0 Å². The van der Waals surface area contributed by atoms with Crippen LogP contribution in [0, 0.1) is 0 Å². The minimum Gasteiger partial charge on any atom is -0.153 e. The number of nitrogens with zero attached hydrogens (tertiary/aromatic N) is 2. The minimum atomic E-state index is 0.0715. The minimum absolute atomic E-state index is 0.0715. The Balaban J connectivity index is 2.11. The molecule has 0 aliphatic rings. The van der Waals surface area contributed by atoms with Crippen molar-refractivity contribution in [2.45, 2.75) is 5.92 Å².